The van der Waals surface area contributed by atoms with Crippen LogP contribution in [0.15, 0.2) is 46.0 Å². The molecule has 4 rings (SSSR count). The number of ether oxygens (including phenoxy) is 2. The molecule has 8 nitrogen and oxygen atoms in total. The van der Waals surface area contributed by atoms with E-state index in [1.54, 1.807) is 26.1 Å². The van der Waals surface area contributed by atoms with Crippen LogP contribution in [0.1, 0.15) is 36.9 Å². The lowest BCUT2D eigenvalue weighted by Gasteiger charge is -2.32. The van der Waals surface area contributed by atoms with Crippen LogP contribution in [0.4, 0.5) is 4.39 Å². The van der Waals surface area contributed by atoms with E-state index in [2.05, 4.69) is 9.88 Å². The number of fused-ring (bicyclic) bond motifs is 1. The molecule has 0 bridgehead atoms. The summed E-state index contributed by atoms with van der Waals surface area (Å²) in [7, 11) is 3.70. The molecule has 36 heavy (non-hydrogen) atoms. The number of carbonyl (C=O) groups excluding carboxylic acids is 2. The summed E-state index contributed by atoms with van der Waals surface area (Å²) in [6.45, 7) is 5.60. The van der Waals surface area contributed by atoms with Crippen LogP contribution in [-0.4, -0.2) is 80.3 Å². The van der Waals surface area contributed by atoms with E-state index in [0.717, 1.165) is 16.3 Å². The van der Waals surface area contributed by atoms with Crippen molar-refractivity contribution >= 4 is 42.4 Å². The van der Waals surface area contributed by atoms with Crippen LogP contribution in [0.25, 0.3) is 0 Å². The third-order valence-electron chi connectivity index (χ3n) is 6.26. The fraction of sp³-hybridized carbons (Fsp3) is 0.440. The van der Waals surface area contributed by atoms with Crippen molar-refractivity contribution in [3.05, 3.63) is 57.4 Å². The van der Waals surface area contributed by atoms with E-state index >= 15 is 0 Å². The molecule has 0 unspecified atom stereocenters. The minimum absolute atomic E-state index is 0.141. The number of hydrogen-bond donors (Lipinski definition) is 0. The lowest BCUT2D eigenvalue weighted by Crippen LogP contribution is -2.37. The average Bonchev–Trinajstić information content (AvgIpc) is 3.48. The first-order valence-corrected chi connectivity index (χ1v) is 13.0. The standard InChI is InChI=1S/C25H30BFN4O4S/c1-4-34-20(32)14-30(3)12-15-10-19-21(25(33)35-5-2)22(17-7-6-16(27)11-18(17)26)29-23(31(19)13-15)24-28-8-9-36-24/h6-9,11,15,22H,4-5,10,12-14,26H2,1-3H3/t15-,22+/m1/s1. The molecule has 1 aromatic heterocycles. The van der Waals surface area contributed by atoms with Gasteiger partial charge in [0.25, 0.3) is 0 Å². The predicted octanol–water partition coefficient (Wildman–Crippen LogP) is 1.68. The van der Waals surface area contributed by atoms with Gasteiger partial charge in [0.05, 0.1) is 25.3 Å². The zero-order valence-electron chi connectivity index (χ0n) is 21.0. The molecule has 11 heteroatoms. The van der Waals surface area contributed by atoms with Crippen LogP contribution in [0, 0.1) is 11.7 Å². The van der Waals surface area contributed by atoms with Crippen LogP contribution in [0.5, 0.6) is 0 Å². The number of nitrogens with zero attached hydrogens (tertiary/aromatic N) is 4. The third kappa shape index (κ3) is 5.52. The highest BCUT2D eigenvalue weighted by molar-refractivity contribution is 7.11. The Hall–Kier alpha value is -3.05. The van der Waals surface area contributed by atoms with Crippen molar-refractivity contribution in [3.63, 3.8) is 0 Å². The van der Waals surface area contributed by atoms with Crippen molar-refractivity contribution < 1.29 is 23.5 Å². The van der Waals surface area contributed by atoms with Gasteiger partial charge in [0.15, 0.2) is 10.8 Å². The van der Waals surface area contributed by atoms with Gasteiger partial charge in [-0.2, -0.15) is 0 Å². The number of allylic oxidation sites excluding steroid dienone is 1. The summed E-state index contributed by atoms with van der Waals surface area (Å²) in [5.41, 5.74) is 2.78. The summed E-state index contributed by atoms with van der Waals surface area (Å²) < 4.78 is 24.5. The number of likely N-dealkylation sites (N-methyl/N-ethyl adjacent to an activating group) is 1. The van der Waals surface area contributed by atoms with Crippen LogP contribution in [-0.2, 0) is 19.1 Å². The Labute approximate surface area is 215 Å². The van der Waals surface area contributed by atoms with Gasteiger partial charge >= 0.3 is 11.9 Å². The second-order valence-corrected chi connectivity index (χ2v) is 9.85. The summed E-state index contributed by atoms with van der Waals surface area (Å²) >= 11 is 1.48. The Morgan fingerprint density at radius 2 is 2.06 bits per heavy atom. The molecule has 2 aliphatic rings. The number of benzene rings is 1. The zero-order chi connectivity index (χ0) is 25.8. The molecule has 2 atom stereocenters. The summed E-state index contributed by atoms with van der Waals surface area (Å²) in [6, 6.07) is 3.90. The molecule has 0 radical (unpaired) electrons. The maximum absolute atomic E-state index is 13.9. The number of amidine groups is 1. The Morgan fingerprint density at radius 1 is 1.28 bits per heavy atom. The van der Waals surface area contributed by atoms with Gasteiger partial charge in [0.2, 0.25) is 0 Å². The molecule has 1 fully saturated rings. The molecular weight excluding hydrogens is 482 g/mol. The lowest BCUT2D eigenvalue weighted by molar-refractivity contribution is -0.144. The van der Waals surface area contributed by atoms with Crippen molar-refractivity contribution in [1.29, 1.82) is 0 Å². The summed E-state index contributed by atoms with van der Waals surface area (Å²) in [5.74, 6) is -0.194. The monoisotopic (exact) mass is 512 g/mol. The van der Waals surface area contributed by atoms with E-state index in [1.165, 1.54) is 23.5 Å². The van der Waals surface area contributed by atoms with Crippen molar-refractivity contribution in [1.82, 2.24) is 14.8 Å². The lowest BCUT2D eigenvalue weighted by atomic mass is 9.83. The summed E-state index contributed by atoms with van der Waals surface area (Å²) in [5, 5.41) is 2.64. The van der Waals surface area contributed by atoms with Crippen LogP contribution < -0.4 is 5.46 Å². The minimum Gasteiger partial charge on any atom is -0.465 e. The molecule has 1 saturated heterocycles. The van der Waals surface area contributed by atoms with Gasteiger partial charge in [0.1, 0.15) is 19.7 Å². The second-order valence-electron chi connectivity index (χ2n) is 8.96. The normalized spacial score (nSPS) is 19.4. The molecular formula is C25H30BFN4O4S. The smallest absolute Gasteiger partial charge is 0.338 e. The van der Waals surface area contributed by atoms with Gasteiger partial charge in [-0.3, -0.25) is 14.7 Å². The van der Waals surface area contributed by atoms with Gasteiger partial charge in [-0.15, -0.1) is 11.3 Å². The number of hydrogen-bond acceptors (Lipinski definition) is 9. The highest BCUT2D eigenvalue weighted by Gasteiger charge is 2.42. The molecule has 2 aromatic rings. The number of rotatable bonds is 9. The quantitative estimate of drug-likeness (QED) is 0.374. The van der Waals surface area contributed by atoms with Crippen molar-refractivity contribution in [3.8, 4) is 0 Å². The van der Waals surface area contributed by atoms with Crippen molar-refractivity contribution in [2.75, 3.05) is 39.9 Å². The number of esters is 2. The maximum atomic E-state index is 13.9. The molecule has 190 valence electrons. The topological polar surface area (TPSA) is 84.3 Å². The fourth-order valence-electron chi connectivity index (χ4n) is 4.87. The maximum Gasteiger partial charge on any atom is 0.338 e. The van der Waals surface area contributed by atoms with Crippen LogP contribution in [0.2, 0.25) is 0 Å². The molecule has 1 aromatic carbocycles. The minimum atomic E-state index is -0.634. The summed E-state index contributed by atoms with van der Waals surface area (Å²) in [4.78, 5) is 38.8. The van der Waals surface area contributed by atoms with E-state index in [0.29, 0.717) is 43.0 Å². The van der Waals surface area contributed by atoms with Gasteiger partial charge in [-0.25, -0.2) is 14.2 Å². The Bertz CT molecular complexity index is 1190. The van der Waals surface area contributed by atoms with Gasteiger partial charge < -0.3 is 14.4 Å². The Kier molecular flexibility index (Phi) is 8.20. The molecule has 0 aliphatic carbocycles. The second kappa shape index (κ2) is 11.3. The van der Waals surface area contributed by atoms with E-state index in [-0.39, 0.29) is 30.9 Å². The van der Waals surface area contributed by atoms with Crippen molar-refractivity contribution in [2.45, 2.75) is 26.3 Å². The Morgan fingerprint density at radius 3 is 2.72 bits per heavy atom. The van der Waals surface area contributed by atoms with E-state index in [4.69, 9.17) is 14.5 Å². The number of thiazole rings is 1. The van der Waals surface area contributed by atoms with Crippen LogP contribution >= 0.6 is 11.3 Å². The molecule has 0 saturated carbocycles. The molecule has 0 spiro atoms. The van der Waals surface area contributed by atoms with Gasteiger partial charge in [0, 0.05) is 30.4 Å². The number of halogens is 1. The summed E-state index contributed by atoms with van der Waals surface area (Å²) in [6.07, 6.45) is 2.34. The Balaban J connectivity index is 1.74. The predicted molar refractivity (Wildman–Crippen MR) is 139 cm³/mol. The van der Waals surface area contributed by atoms with E-state index in [9.17, 15) is 14.0 Å². The van der Waals surface area contributed by atoms with Gasteiger partial charge in [-0.05, 0) is 50.9 Å². The number of aliphatic imine (C=N–C) groups is 1. The van der Waals surface area contributed by atoms with E-state index < -0.39 is 12.0 Å². The largest absolute Gasteiger partial charge is 0.465 e. The van der Waals surface area contributed by atoms with E-state index in [1.807, 2.05) is 25.2 Å². The fourth-order valence-corrected chi connectivity index (χ4v) is 5.51. The first kappa shape index (κ1) is 26.0. The first-order valence-electron chi connectivity index (χ1n) is 12.1. The van der Waals surface area contributed by atoms with Crippen LogP contribution in [0.3, 0.4) is 0 Å². The van der Waals surface area contributed by atoms with Gasteiger partial charge in [-0.1, -0.05) is 11.5 Å². The molecule has 0 amide bonds. The SMILES string of the molecule is Bc1cc(F)ccc1[C@@H]1N=C(c2nccs2)N2C[C@@H](CN(C)CC(=O)OCC)CC2=C1C(=O)OCC. The number of carbonyl (C=O) groups is 2. The molecule has 3 heterocycles. The zero-order valence-corrected chi connectivity index (χ0v) is 21.8. The third-order valence-corrected chi connectivity index (χ3v) is 7.03. The highest BCUT2D eigenvalue weighted by atomic mass is 32.1. The molecule has 2 aliphatic heterocycles. The number of aromatic nitrogens is 1. The first-order chi connectivity index (χ1) is 17.3. The van der Waals surface area contributed by atoms with Crippen molar-refractivity contribution in [2.24, 2.45) is 10.9 Å². The highest BCUT2D eigenvalue weighted by Crippen LogP contribution is 2.42. The average molecular weight is 512 g/mol. The molecule has 0 N–H and O–H groups in total.